The molecule has 0 saturated heterocycles. The van der Waals surface area contributed by atoms with Crippen LogP contribution in [0.2, 0.25) is 0 Å². The summed E-state index contributed by atoms with van der Waals surface area (Å²) in [6.45, 7) is 6.48. The SMILES string of the molecule is CCCC.CCc1cncn1C. The molecule has 1 rings (SSSR count). The monoisotopic (exact) mass is 168 g/mol. The molecule has 1 aromatic rings. The number of hydrogen-bond donors (Lipinski definition) is 0. The van der Waals surface area contributed by atoms with Crippen molar-refractivity contribution in [3.05, 3.63) is 18.2 Å². The molecule has 0 aliphatic carbocycles. The normalized spacial score (nSPS) is 9.00. The van der Waals surface area contributed by atoms with Gasteiger partial charge in [-0.3, -0.25) is 0 Å². The van der Waals surface area contributed by atoms with Crippen LogP contribution in [0.3, 0.4) is 0 Å². The van der Waals surface area contributed by atoms with Crippen LogP contribution in [0.1, 0.15) is 39.3 Å². The van der Waals surface area contributed by atoms with E-state index in [1.165, 1.54) is 18.5 Å². The molecule has 0 aliphatic rings. The summed E-state index contributed by atoms with van der Waals surface area (Å²) in [6, 6.07) is 0. The van der Waals surface area contributed by atoms with Crippen LogP contribution in [0.4, 0.5) is 0 Å². The first-order chi connectivity index (χ1) is 5.76. The van der Waals surface area contributed by atoms with Crippen LogP contribution in [0.5, 0.6) is 0 Å². The lowest BCUT2D eigenvalue weighted by Gasteiger charge is -1.93. The molecule has 1 heterocycles. The first-order valence-electron chi connectivity index (χ1n) is 4.71. The van der Waals surface area contributed by atoms with Gasteiger partial charge in [-0.25, -0.2) is 4.98 Å². The lowest BCUT2D eigenvalue weighted by molar-refractivity contribution is 0.833. The summed E-state index contributed by atoms with van der Waals surface area (Å²) in [4.78, 5) is 3.96. The second-order valence-electron chi connectivity index (χ2n) is 2.85. The Balaban J connectivity index is 0.000000261. The zero-order valence-corrected chi connectivity index (χ0v) is 8.67. The van der Waals surface area contributed by atoms with Crippen molar-refractivity contribution in [2.75, 3.05) is 0 Å². The number of aryl methyl sites for hydroxylation is 2. The predicted molar refractivity (Wildman–Crippen MR) is 53.2 cm³/mol. The summed E-state index contributed by atoms with van der Waals surface area (Å²) in [7, 11) is 2.01. The maximum absolute atomic E-state index is 3.96. The smallest absolute Gasteiger partial charge is 0.0945 e. The first-order valence-corrected chi connectivity index (χ1v) is 4.71. The minimum Gasteiger partial charge on any atom is -0.338 e. The van der Waals surface area contributed by atoms with Crippen LogP contribution >= 0.6 is 0 Å². The molecule has 0 atom stereocenters. The largest absolute Gasteiger partial charge is 0.338 e. The molecule has 12 heavy (non-hydrogen) atoms. The Labute approximate surface area is 75.6 Å². The van der Waals surface area contributed by atoms with E-state index < -0.39 is 0 Å². The molecule has 0 spiro atoms. The third-order valence-corrected chi connectivity index (χ3v) is 1.78. The molecule has 0 amide bonds. The van der Waals surface area contributed by atoms with Gasteiger partial charge in [0.05, 0.1) is 6.33 Å². The molecule has 2 heteroatoms. The van der Waals surface area contributed by atoms with E-state index >= 15 is 0 Å². The van der Waals surface area contributed by atoms with Gasteiger partial charge in [-0.1, -0.05) is 33.6 Å². The van der Waals surface area contributed by atoms with Gasteiger partial charge in [0.1, 0.15) is 0 Å². The quantitative estimate of drug-likeness (QED) is 0.664. The molecular formula is C10H20N2. The van der Waals surface area contributed by atoms with E-state index in [0.717, 1.165) is 6.42 Å². The van der Waals surface area contributed by atoms with E-state index in [1.54, 1.807) is 0 Å². The van der Waals surface area contributed by atoms with Crippen molar-refractivity contribution >= 4 is 0 Å². The Kier molecular flexibility index (Phi) is 6.44. The van der Waals surface area contributed by atoms with Crippen LogP contribution in [0, 0.1) is 0 Å². The topological polar surface area (TPSA) is 17.8 Å². The van der Waals surface area contributed by atoms with E-state index in [0.29, 0.717) is 0 Å². The summed E-state index contributed by atoms with van der Waals surface area (Å²) in [5.41, 5.74) is 1.28. The molecule has 70 valence electrons. The van der Waals surface area contributed by atoms with Crippen LogP contribution in [-0.2, 0) is 13.5 Å². The molecule has 0 aromatic carbocycles. The second-order valence-corrected chi connectivity index (χ2v) is 2.85. The fourth-order valence-corrected chi connectivity index (χ4v) is 0.725. The standard InChI is InChI=1S/C6H10N2.C4H10/c1-3-6-4-7-5-8(6)2;1-3-4-2/h4-5H,3H2,1-2H3;3-4H2,1-2H3. The fraction of sp³-hybridized carbons (Fsp3) is 0.700. The molecule has 1 aromatic heterocycles. The Hall–Kier alpha value is -0.790. The molecule has 0 bridgehead atoms. The number of aromatic nitrogens is 2. The summed E-state index contributed by atoms with van der Waals surface area (Å²) in [5, 5.41) is 0. The highest BCUT2D eigenvalue weighted by molar-refractivity contribution is 4.95. The minimum absolute atomic E-state index is 1.07. The molecule has 2 nitrogen and oxygen atoms in total. The zero-order valence-electron chi connectivity index (χ0n) is 8.67. The predicted octanol–water partition coefficient (Wildman–Crippen LogP) is 2.79. The molecule has 0 unspecified atom stereocenters. The maximum Gasteiger partial charge on any atom is 0.0945 e. The van der Waals surface area contributed by atoms with Crippen LogP contribution < -0.4 is 0 Å². The maximum atomic E-state index is 3.96. The van der Waals surface area contributed by atoms with Crippen molar-refractivity contribution in [3.63, 3.8) is 0 Å². The van der Waals surface area contributed by atoms with Gasteiger partial charge < -0.3 is 4.57 Å². The summed E-state index contributed by atoms with van der Waals surface area (Å²) < 4.78 is 2.03. The zero-order chi connectivity index (χ0) is 9.40. The molecule has 0 fully saturated rings. The Morgan fingerprint density at radius 3 is 2.00 bits per heavy atom. The van der Waals surface area contributed by atoms with Crippen molar-refractivity contribution in [1.82, 2.24) is 9.55 Å². The van der Waals surface area contributed by atoms with Gasteiger partial charge in [-0.15, -0.1) is 0 Å². The number of hydrogen-bond acceptors (Lipinski definition) is 1. The highest BCUT2D eigenvalue weighted by Gasteiger charge is 1.89. The van der Waals surface area contributed by atoms with Gasteiger partial charge >= 0.3 is 0 Å². The number of imidazole rings is 1. The van der Waals surface area contributed by atoms with Crippen molar-refractivity contribution in [3.8, 4) is 0 Å². The van der Waals surface area contributed by atoms with Crippen molar-refractivity contribution in [1.29, 1.82) is 0 Å². The van der Waals surface area contributed by atoms with E-state index in [1.807, 2.05) is 24.1 Å². The van der Waals surface area contributed by atoms with Crippen LogP contribution in [0.25, 0.3) is 0 Å². The molecule has 0 aliphatic heterocycles. The summed E-state index contributed by atoms with van der Waals surface area (Å²) in [5.74, 6) is 0. The van der Waals surface area contributed by atoms with Gasteiger partial charge in [0, 0.05) is 18.9 Å². The van der Waals surface area contributed by atoms with Gasteiger partial charge in [-0.2, -0.15) is 0 Å². The first kappa shape index (κ1) is 11.2. The molecular weight excluding hydrogens is 148 g/mol. The number of unbranched alkanes of at least 4 members (excludes halogenated alkanes) is 1. The van der Waals surface area contributed by atoms with Gasteiger partial charge in [0.2, 0.25) is 0 Å². The van der Waals surface area contributed by atoms with Crippen molar-refractivity contribution in [2.24, 2.45) is 7.05 Å². The minimum atomic E-state index is 1.07. The number of rotatable bonds is 2. The van der Waals surface area contributed by atoms with Gasteiger partial charge in [0.25, 0.3) is 0 Å². The third-order valence-electron chi connectivity index (χ3n) is 1.78. The van der Waals surface area contributed by atoms with E-state index in [2.05, 4.69) is 25.8 Å². The lowest BCUT2D eigenvalue weighted by atomic mass is 10.4. The third kappa shape index (κ3) is 4.16. The molecule has 0 N–H and O–H groups in total. The Morgan fingerprint density at radius 2 is 1.83 bits per heavy atom. The van der Waals surface area contributed by atoms with Gasteiger partial charge in [-0.05, 0) is 6.42 Å². The lowest BCUT2D eigenvalue weighted by Crippen LogP contribution is -1.90. The van der Waals surface area contributed by atoms with E-state index in [-0.39, 0.29) is 0 Å². The van der Waals surface area contributed by atoms with Gasteiger partial charge in [0.15, 0.2) is 0 Å². The summed E-state index contributed by atoms with van der Waals surface area (Å²) >= 11 is 0. The molecule has 0 saturated carbocycles. The van der Waals surface area contributed by atoms with Crippen molar-refractivity contribution in [2.45, 2.75) is 40.0 Å². The number of nitrogens with zero attached hydrogens (tertiary/aromatic N) is 2. The molecule has 0 radical (unpaired) electrons. The average molecular weight is 168 g/mol. The van der Waals surface area contributed by atoms with Crippen molar-refractivity contribution < 1.29 is 0 Å². The van der Waals surface area contributed by atoms with Crippen LogP contribution in [-0.4, -0.2) is 9.55 Å². The highest BCUT2D eigenvalue weighted by atomic mass is 15.0. The Bertz CT molecular complexity index is 189. The second kappa shape index (κ2) is 6.89. The summed E-state index contributed by atoms with van der Waals surface area (Å²) in [6.07, 6.45) is 7.41. The fourth-order valence-electron chi connectivity index (χ4n) is 0.725. The highest BCUT2D eigenvalue weighted by Crippen LogP contribution is 1.94. The average Bonchev–Trinajstić information content (AvgIpc) is 2.51. The Morgan fingerprint density at radius 1 is 1.25 bits per heavy atom. The van der Waals surface area contributed by atoms with Crippen LogP contribution in [0.15, 0.2) is 12.5 Å². The van der Waals surface area contributed by atoms with E-state index in [9.17, 15) is 0 Å². The van der Waals surface area contributed by atoms with E-state index in [4.69, 9.17) is 0 Å².